The lowest BCUT2D eigenvalue weighted by Gasteiger charge is -2.17. The predicted molar refractivity (Wildman–Crippen MR) is 143 cm³/mol. The van der Waals surface area contributed by atoms with Gasteiger partial charge in [0, 0.05) is 17.0 Å². The number of aromatic nitrogens is 2. The maximum atomic E-state index is 13.1. The molecule has 0 N–H and O–H groups in total. The van der Waals surface area contributed by atoms with Gasteiger partial charge in [-0.1, -0.05) is 29.8 Å². The molecule has 0 aliphatic heterocycles. The van der Waals surface area contributed by atoms with Crippen molar-refractivity contribution in [3.8, 4) is 34.2 Å². The standard InChI is InChI=1S/C29H29ClN2O5/c1-5-37-29(33)25(20-8-15-27(35-3)28(16-20)36-4)17-22-18-26(19-6-9-21(30)10-7-19)32(31-22)23-11-13-24(34-2)14-12-23/h6-16,18,25H,5,17H2,1-4H3. The van der Waals surface area contributed by atoms with Gasteiger partial charge in [-0.05, 0) is 67.1 Å². The topological polar surface area (TPSA) is 71.8 Å². The van der Waals surface area contributed by atoms with E-state index < -0.39 is 5.92 Å². The van der Waals surface area contributed by atoms with Crippen molar-refractivity contribution in [2.45, 2.75) is 19.3 Å². The zero-order valence-electron chi connectivity index (χ0n) is 21.2. The number of ether oxygens (including phenoxy) is 4. The van der Waals surface area contributed by atoms with Gasteiger partial charge in [-0.15, -0.1) is 0 Å². The number of nitrogens with zero attached hydrogens (tertiary/aromatic N) is 2. The molecular formula is C29H29ClN2O5. The van der Waals surface area contributed by atoms with E-state index in [9.17, 15) is 4.79 Å². The van der Waals surface area contributed by atoms with Gasteiger partial charge in [0.1, 0.15) is 5.75 Å². The molecular weight excluding hydrogens is 492 g/mol. The third kappa shape index (κ3) is 5.89. The van der Waals surface area contributed by atoms with Crippen LogP contribution in [0.4, 0.5) is 0 Å². The molecule has 0 bridgehead atoms. The van der Waals surface area contributed by atoms with Crippen LogP contribution in [0.25, 0.3) is 16.9 Å². The summed E-state index contributed by atoms with van der Waals surface area (Å²) in [4.78, 5) is 13.1. The zero-order valence-corrected chi connectivity index (χ0v) is 22.0. The van der Waals surface area contributed by atoms with E-state index >= 15 is 0 Å². The lowest BCUT2D eigenvalue weighted by Crippen LogP contribution is -2.19. The van der Waals surface area contributed by atoms with Crippen molar-refractivity contribution < 1.29 is 23.7 Å². The molecule has 1 aromatic heterocycles. The molecule has 0 amide bonds. The lowest BCUT2D eigenvalue weighted by atomic mass is 9.93. The van der Waals surface area contributed by atoms with E-state index in [0.29, 0.717) is 22.9 Å². The van der Waals surface area contributed by atoms with Gasteiger partial charge in [0.05, 0.1) is 50.9 Å². The van der Waals surface area contributed by atoms with Crippen molar-refractivity contribution in [1.29, 1.82) is 0 Å². The number of carbonyl (C=O) groups is 1. The minimum Gasteiger partial charge on any atom is -0.497 e. The van der Waals surface area contributed by atoms with Crippen LogP contribution in [0.5, 0.6) is 17.2 Å². The molecule has 0 aliphatic carbocycles. The number of benzene rings is 3. The summed E-state index contributed by atoms with van der Waals surface area (Å²) in [6.45, 7) is 2.07. The van der Waals surface area contributed by atoms with Gasteiger partial charge in [-0.2, -0.15) is 5.10 Å². The molecule has 7 nitrogen and oxygen atoms in total. The van der Waals surface area contributed by atoms with Crippen molar-refractivity contribution in [2.24, 2.45) is 0 Å². The second-order valence-electron chi connectivity index (χ2n) is 8.26. The van der Waals surface area contributed by atoms with E-state index in [4.69, 9.17) is 35.6 Å². The van der Waals surface area contributed by atoms with Crippen molar-refractivity contribution >= 4 is 17.6 Å². The van der Waals surface area contributed by atoms with Gasteiger partial charge in [-0.25, -0.2) is 4.68 Å². The number of methoxy groups -OCH3 is 3. The Morgan fingerprint density at radius 1 is 0.892 bits per heavy atom. The first-order valence-corrected chi connectivity index (χ1v) is 12.2. The molecule has 1 heterocycles. The van der Waals surface area contributed by atoms with Crippen molar-refractivity contribution in [3.05, 3.63) is 89.1 Å². The van der Waals surface area contributed by atoms with Crippen LogP contribution >= 0.6 is 11.6 Å². The number of carbonyl (C=O) groups excluding carboxylic acids is 1. The van der Waals surface area contributed by atoms with Crippen LogP contribution in [0.1, 0.15) is 24.1 Å². The summed E-state index contributed by atoms with van der Waals surface area (Å²) in [5.41, 5.74) is 4.15. The minimum atomic E-state index is -0.586. The maximum Gasteiger partial charge on any atom is 0.313 e. The van der Waals surface area contributed by atoms with Crippen LogP contribution in [-0.4, -0.2) is 43.7 Å². The molecule has 4 aromatic rings. The van der Waals surface area contributed by atoms with Crippen molar-refractivity contribution in [2.75, 3.05) is 27.9 Å². The SMILES string of the molecule is CCOC(=O)C(Cc1cc(-c2ccc(Cl)cc2)n(-c2ccc(OC)cc2)n1)c1ccc(OC)c(OC)c1. The quantitative estimate of drug-likeness (QED) is 0.235. The lowest BCUT2D eigenvalue weighted by molar-refractivity contribution is -0.145. The molecule has 0 radical (unpaired) electrons. The molecule has 1 unspecified atom stereocenters. The molecule has 0 spiro atoms. The van der Waals surface area contributed by atoms with E-state index in [2.05, 4.69) is 0 Å². The summed E-state index contributed by atoms with van der Waals surface area (Å²) in [7, 11) is 4.77. The summed E-state index contributed by atoms with van der Waals surface area (Å²) in [6.07, 6.45) is 0.331. The highest BCUT2D eigenvalue weighted by Crippen LogP contribution is 2.34. The summed E-state index contributed by atoms with van der Waals surface area (Å²) < 4.78 is 23.4. The first-order chi connectivity index (χ1) is 18.0. The Labute approximate surface area is 221 Å². The first-order valence-electron chi connectivity index (χ1n) is 11.8. The maximum absolute atomic E-state index is 13.1. The van der Waals surface area contributed by atoms with Gasteiger partial charge in [0.25, 0.3) is 0 Å². The van der Waals surface area contributed by atoms with Gasteiger partial charge in [-0.3, -0.25) is 4.79 Å². The molecule has 3 aromatic carbocycles. The molecule has 0 saturated heterocycles. The Balaban J connectivity index is 1.77. The average molecular weight is 521 g/mol. The highest BCUT2D eigenvalue weighted by Gasteiger charge is 2.26. The van der Waals surface area contributed by atoms with Gasteiger partial charge >= 0.3 is 5.97 Å². The fourth-order valence-electron chi connectivity index (χ4n) is 4.14. The molecule has 0 fully saturated rings. The Kier molecular flexibility index (Phi) is 8.36. The van der Waals surface area contributed by atoms with Crippen LogP contribution in [0.2, 0.25) is 5.02 Å². The van der Waals surface area contributed by atoms with Crippen LogP contribution in [0.3, 0.4) is 0 Å². The summed E-state index contributed by atoms with van der Waals surface area (Å²) in [6, 6.07) is 22.6. The summed E-state index contributed by atoms with van der Waals surface area (Å²) >= 11 is 6.14. The molecule has 192 valence electrons. The minimum absolute atomic E-state index is 0.277. The van der Waals surface area contributed by atoms with E-state index in [-0.39, 0.29) is 12.6 Å². The Morgan fingerprint density at radius 3 is 2.22 bits per heavy atom. The molecule has 8 heteroatoms. The van der Waals surface area contributed by atoms with Crippen LogP contribution in [0.15, 0.2) is 72.8 Å². The third-order valence-corrected chi connectivity index (χ3v) is 6.26. The van der Waals surface area contributed by atoms with Gasteiger partial charge in [0.2, 0.25) is 0 Å². The fraction of sp³-hybridized carbons (Fsp3) is 0.241. The van der Waals surface area contributed by atoms with Gasteiger partial charge in [0.15, 0.2) is 11.5 Å². The number of hydrogen-bond acceptors (Lipinski definition) is 6. The molecule has 0 saturated carbocycles. The van der Waals surface area contributed by atoms with E-state index in [1.807, 2.05) is 65.3 Å². The Morgan fingerprint density at radius 2 is 1.59 bits per heavy atom. The van der Waals surface area contributed by atoms with E-state index in [0.717, 1.165) is 34.0 Å². The number of hydrogen-bond donors (Lipinski definition) is 0. The Bertz CT molecular complexity index is 1350. The first kappa shape index (κ1) is 26.1. The molecule has 4 rings (SSSR count). The number of rotatable bonds is 10. The second-order valence-corrected chi connectivity index (χ2v) is 8.70. The number of halogens is 1. The van der Waals surface area contributed by atoms with Crippen molar-refractivity contribution in [1.82, 2.24) is 9.78 Å². The fourth-order valence-corrected chi connectivity index (χ4v) is 4.26. The molecule has 37 heavy (non-hydrogen) atoms. The predicted octanol–water partition coefficient (Wildman–Crippen LogP) is 6.11. The largest absolute Gasteiger partial charge is 0.497 e. The smallest absolute Gasteiger partial charge is 0.313 e. The van der Waals surface area contributed by atoms with Crippen molar-refractivity contribution in [3.63, 3.8) is 0 Å². The normalized spacial score (nSPS) is 11.6. The van der Waals surface area contributed by atoms with Crippen LogP contribution < -0.4 is 14.2 Å². The summed E-state index contributed by atoms with van der Waals surface area (Å²) in [5.74, 6) is 0.960. The number of esters is 1. The van der Waals surface area contributed by atoms with Gasteiger partial charge < -0.3 is 18.9 Å². The second kappa shape index (κ2) is 11.8. The molecule has 0 aliphatic rings. The highest BCUT2D eigenvalue weighted by atomic mass is 35.5. The summed E-state index contributed by atoms with van der Waals surface area (Å²) in [5, 5.41) is 5.55. The van der Waals surface area contributed by atoms with E-state index in [1.54, 1.807) is 40.4 Å². The highest BCUT2D eigenvalue weighted by molar-refractivity contribution is 6.30. The van der Waals surface area contributed by atoms with E-state index in [1.165, 1.54) is 0 Å². The zero-order chi connectivity index (χ0) is 26.4. The van der Waals surface area contributed by atoms with Crippen LogP contribution in [-0.2, 0) is 16.0 Å². The van der Waals surface area contributed by atoms with Crippen LogP contribution in [0, 0.1) is 0 Å². The monoisotopic (exact) mass is 520 g/mol. The Hall–Kier alpha value is -3.97. The average Bonchev–Trinajstić information content (AvgIpc) is 3.35. The molecule has 1 atom stereocenters. The third-order valence-electron chi connectivity index (χ3n) is 6.01.